The summed E-state index contributed by atoms with van der Waals surface area (Å²) >= 11 is 1.06. The molecule has 0 saturated carbocycles. The van der Waals surface area contributed by atoms with Gasteiger partial charge in [0.2, 0.25) is 53.2 Å². The monoisotopic (exact) mass is 1310 g/mol. The van der Waals surface area contributed by atoms with Crippen LogP contribution in [0.4, 0.5) is 5.69 Å². The summed E-state index contributed by atoms with van der Waals surface area (Å²) in [4.78, 5) is 198. The Morgan fingerprint density at radius 1 is 0.763 bits per heavy atom. The standard InChI is InChI=1S/C64H83N11O17S/c1-7-33(4)57-62(91)67-27-52(84)69-44-31-93-63-42(41-10-8-9-11-43(41)70-63)21-37(60(89)66-28-53(85)72-57)22-48(80)58(35(6)49(81)30-76)73-61(90)45-25-40(77)29-75(45)64(92)38(23-46(44)78)24-51(83)65-26-36-12-14-39(15-13-36)68-59(88)34(5)20-47(79)56(32(2)3)71-50(82)18-19-74-54(86)16-17-55(74)87/h8-17,32-35,37-38,40,44-45,49,56-58,70,76-77,81H,7,18-31H2,1-6H3,(H,65,83)(H,66,89)(H,67,91)(H,68,88)(H,69,84)(H,71,82)(H,72,85)(H,73,90)/t33-,34+,35-,37?,38-,40+,44-,45-,49-,56?,57-,58-/m0/s1. The molecule has 2 unspecified atom stereocenters. The van der Waals surface area contributed by atoms with Crippen LogP contribution >= 0.6 is 11.8 Å². The summed E-state index contributed by atoms with van der Waals surface area (Å²) in [6.45, 7) is 6.87. The molecule has 12 N–H and O–H groups in total. The highest BCUT2D eigenvalue weighted by molar-refractivity contribution is 7.99. The minimum atomic E-state index is -1.63. The van der Waals surface area contributed by atoms with Gasteiger partial charge in [-0.15, -0.1) is 11.8 Å². The molecular weight excluding hydrogens is 1230 g/mol. The Labute approximate surface area is 541 Å². The number of Topliss-reactive ketones (excluding diaryl/α,β-unsaturated/α-hetero) is 3. The van der Waals surface area contributed by atoms with E-state index in [4.69, 9.17) is 0 Å². The molecule has 0 spiro atoms. The molecule has 28 nitrogen and oxygen atoms in total. The predicted molar refractivity (Wildman–Crippen MR) is 336 cm³/mol. The number of aromatic nitrogens is 1. The minimum absolute atomic E-state index is 0.143. The van der Waals surface area contributed by atoms with Crippen LogP contribution in [0.1, 0.15) is 97.6 Å². The van der Waals surface area contributed by atoms with Gasteiger partial charge in [-0.1, -0.05) is 78.3 Å². The van der Waals surface area contributed by atoms with Gasteiger partial charge in [0.05, 0.1) is 61.0 Å². The Bertz CT molecular complexity index is 3370. The average molecular weight is 1310 g/mol. The third-order valence-electron chi connectivity index (χ3n) is 17.3. The molecule has 0 radical (unpaired) electrons. The first-order valence-electron chi connectivity index (χ1n) is 31.2. The molecule has 3 aromatic rings. The largest absolute Gasteiger partial charge is 0.394 e. The Hall–Kier alpha value is -8.67. The summed E-state index contributed by atoms with van der Waals surface area (Å²) in [5.74, 6) is -16.0. The number of aromatic amines is 1. The lowest BCUT2D eigenvalue weighted by atomic mass is 9.85. The number of amides is 11. The highest BCUT2D eigenvalue weighted by Crippen LogP contribution is 2.35. The Kier molecular flexibility index (Phi) is 25.3. The first kappa shape index (κ1) is 71.8. The van der Waals surface area contributed by atoms with Crippen molar-refractivity contribution in [2.75, 3.05) is 43.9 Å². The van der Waals surface area contributed by atoms with Crippen LogP contribution in [0.5, 0.6) is 0 Å². The molecular formula is C64H83N11O17S. The van der Waals surface area contributed by atoms with E-state index in [-0.39, 0.29) is 50.4 Å². The fourth-order valence-electron chi connectivity index (χ4n) is 11.6. The number of carbonyl (C=O) groups excluding carboxylic acids is 14. The molecule has 1 fully saturated rings. The SMILES string of the molecule is CC[C@H](C)[C@@H]1NC(=O)CNC(=O)C2CC(=O)[C@H]([C@@H](C)[C@@H](O)CO)NC(=O)[C@@H]3C[C@@H](O)CN3C(=O)[C@H](CC(=O)NCc3ccc(NC(=O)[C@H](C)CC(=O)C(NC(=O)CCN4C(=O)C=CC4=O)C(C)C)cc3)CC(=O)[C@H](CSc3[nH]c4ccccc4c3C2)NC(=O)CNC1=O. The number of aliphatic hydroxyl groups excluding tert-OH is 3. The van der Waals surface area contributed by atoms with Gasteiger partial charge in [0.25, 0.3) is 11.8 Å². The summed E-state index contributed by atoms with van der Waals surface area (Å²) in [7, 11) is 0. The Morgan fingerprint density at radius 2 is 1.43 bits per heavy atom. The number of nitrogens with zero attached hydrogens (tertiary/aromatic N) is 2. The number of H-pyrrole nitrogens is 1. The molecule has 11 amide bonds. The van der Waals surface area contributed by atoms with Crippen LogP contribution in [-0.4, -0.2) is 193 Å². The number of para-hydroxylation sites is 1. The molecule has 93 heavy (non-hydrogen) atoms. The molecule has 502 valence electrons. The van der Waals surface area contributed by atoms with Crippen LogP contribution < -0.4 is 42.5 Å². The number of anilines is 1. The van der Waals surface area contributed by atoms with E-state index < -0.39 is 200 Å². The molecule has 1 saturated heterocycles. The zero-order valence-corrected chi connectivity index (χ0v) is 53.6. The third kappa shape index (κ3) is 19.0. The Morgan fingerprint density at radius 3 is 2.10 bits per heavy atom. The van der Waals surface area contributed by atoms with E-state index in [2.05, 4.69) is 47.5 Å². The van der Waals surface area contributed by atoms with E-state index in [0.717, 1.165) is 33.7 Å². The summed E-state index contributed by atoms with van der Waals surface area (Å²) in [5, 5.41) is 54.4. The van der Waals surface area contributed by atoms with Gasteiger partial charge < -0.3 is 67.7 Å². The quantitative estimate of drug-likeness (QED) is 0.0664. The number of imide groups is 1. The van der Waals surface area contributed by atoms with Gasteiger partial charge in [-0.05, 0) is 47.6 Å². The fraction of sp³-hybridized carbons (Fsp3) is 0.531. The van der Waals surface area contributed by atoms with E-state index >= 15 is 9.59 Å². The van der Waals surface area contributed by atoms with E-state index in [1.807, 2.05) is 0 Å². The van der Waals surface area contributed by atoms with Crippen LogP contribution in [0.15, 0.2) is 65.7 Å². The number of hydrogen-bond acceptors (Lipinski definition) is 18. The van der Waals surface area contributed by atoms with E-state index in [9.17, 15) is 72.9 Å². The lowest BCUT2D eigenvalue weighted by Gasteiger charge is -2.32. The number of nitrogens with one attached hydrogen (secondary N) is 9. The third-order valence-corrected chi connectivity index (χ3v) is 18.5. The lowest BCUT2D eigenvalue weighted by Crippen LogP contribution is -2.56. The maximum absolute atomic E-state index is 15.1. The van der Waals surface area contributed by atoms with Gasteiger partial charge in [0.15, 0.2) is 17.3 Å². The first-order chi connectivity index (χ1) is 44.2. The Balaban J connectivity index is 1.14. The molecule has 0 aliphatic carbocycles. The van der Waals surface area contributed by atoms with Gasteiger partial charge >= 0.3 is 0 Å². The van der Waals surface area contributed by atoms with Gasteiger partial charge in [-0.25, -0.2) is 0 Å². The number of carbonyl (C=O) groups is 14. The maximum atomic E-state index is 15.1. The minimum Gasteiger partial charge on any atom is -0.394 e. The van der Waals surface area contributed by atoms with Crippen molar-refractivity contribution in [3.8, 4) is 0 Å². The van der Waals surface area contributed by atoms with Crippen molar-refractivity contribution in [1.82, 2.24) is 52.0 Å². The van der Waals surface area contributed by atoms with Gasteiger partial charge in [0, 0.05) is 110 Å². The number of ketones is 3. The molecule has 7 rings (SSSR count). The molecule has 1 aromatic heterocycles. The molecule has 4 aliphatic rings. The van der Waals surface area contributed by atoms with E-state index in [0.29, 0.717) is 39.2 Å². The predicted octanol–water partition coefficient (Wildman–Crippen LogP) is -0.639. The van der Waals surface area contributed by atoms with E-state index in [1.54, 1.807) is 76.2 Å². The second-order valence-electron chi connectivity index (χ2n) is 24.6. The topological polar surface area (TPSA) is 418 Å². The maximum Gasteiger partial charge on any atom is 0.253 e. The number of benzene rings is 2. The molecule has 2 bridgehead atoms. The molecule has 2 aromatic carbocycles. The lowest BCUT2D eigenvalue weighted by molar-refractivity contribution is -0.145. The van der Waals surface area contributed by atoms with Crippen molar-refractivity contribution >= 4 is 111 Å². The summed E-state index contributed by atoms with van der Waals surface area (Å²) < 4.78 is 0. The van der Waals surface area contributed by atoms with Gasteiger partial charge in [-0.2, -0.15) is 0 Å². The summed E-state index contributed by atoms with van der Waals surface area (Å²) in [6.07, 6.45) is -3.42. The van der Waals surface area contributed by atoms with Crippen molar-refractivity contribution in [2.45, 2.75) is 147 Å². The molecule has 12 atom stereocenters. The van der Waals surface area contributed by atoms with Crippen molar-refractivity contribution in [1.29, 1.82) is 0 Å². The molecule has 5 heterocycles. The van der Waals surface area contributed by atoms with Crippen molar-refractivity contribution in [2.24, 2.45) is 35.5 Å². The van der Waals surface area contributed by atoms with Crippen LogP contribution in [-0.2, 0) is 80.1 Å². The molecule has 4 aliphatic heterocycles. The van der Waals surface area contributed by atoms with E-state index in [1.165, 1.54) is 13.8 Å². The second kappa shape index (κ2) is 32.7. The molecule has 29 heteroatoms. The number of hydrogen-bond donors (Lipinski definition) is 12. The van der Waals surface area contributed by atoms with Gasteiger partial charge in [0.1, 0.15) is 12.1 Å². The zero-order valence-electron chi connectivity index (χ0n) is 52.7. The highest BCUT2D eigenvalue weighted by Gasteiger charge is 2.45. The average Bonchev–Trinajstić information content (AvgIpc) is 1.69. The normalized spacial score (nSPS) is 24.0. The van der Waals surface area contributed by atoms with Crippen molar-refractivity contribution < 1.29 is 82.4 Å². The van der Waals surface area contributed by atoms with Crippen LogP contribution in [0, 0.1) is 35.5 Å². The zero-order chi connectivity index (χ0) is 68.0. The number of aliphatic hydroxyl groups is 3. The van der Waals surface area contributed by atoms with Crippen LogP contribution in [0.25, 0.3) is 10.9 Å². The van der Waals surface area contributed by atoms with Crippen molar-refractivity contribution in [3.63, 3.8) is 0 Å². The van der Waals surface area contributed by atoms with Crippen molar-refractivity contribution in [3.05, 3.63) is 71.8 Å². The van der Waals surface area contributed by atoms with Crippen LogP contribution in [0.3, 0.4) is 0 Å². The second-order valence-corrected chi connectivity index (χ2v) is 25.7. The first-order valence-corrected chi connectivity index (χ1v) is 32.2. The number of thioether (sulfide) groups is 1. The summed E-state index contributed by atoms with van der Waals surface area (Å²) in [6, 6.07) is 6.49. The fourth-order valence-corrected chi connectivity index (χ4v) is 12.7. The number of fused-ring (bicyclic) bond motifs is 5. The smallest absolute Gasteiger partial charge is 0.253 e. The number of rotatable bonds is 19. The summed E-state index contributed by atoms with van der Waals surface area (Å²) in [5.41, 5.74) is 1.91. The van der Waals surface area contributed by atoms with Crippen LogP contribution in [0.2, 0.25) is 0 Å². The van der Waals surface area contributed by atoms with Gasteiger partial charge in [-0.3, -0.25) is 72.0 Å². The highest BCUT2D eigenvalue weighted by atomic mass is 32.2.